The number of hydrogen-bond donors (Lipinski definition) is 4. The molecule has 0 aliphatic rings. The molecule has 130 valence electrons. The standard InChI is InChI=1S/C11H10BNO3.C6H14O2/c14-12(15)16-11-5-1-3-9(7-11)10-4-2-6-13-8-10;1-5(2,7)6(3,4)8/h1-8,14-15H;7-8H,1-4H3. The molecule has 0 aliphatic carbocycles. The number of pyridine rings is 1. The van der Waals surface area contributed by atoms with Gasteiger partial charge in [0.05, 0.1) is 11.2 Å². The molecule has 0 bridgehead atoms. The van der Waals surface area contributed by atoms with Crippen LogP contribution in [0, 0.1) is 0 Å². The SMILES string of the molecule is CC(C)(O)C(C)(C)O.OB(O)Oc1cccc(-c2cccnc2)c1. The van der Waals surface area contributed by atoms with E-state index in [-0.39, 0.29) is 0 Å². The number of hydrogen-bond acceptors (Lipinski definition) is 6. The van der Waals surface area contributed by atoms with Gasteiger partial charge in [0.15, 0.2) is 0 Å². The number of aliphatic hydroxyl groups is 2. The quantitative estimate of drug-likeness (QED) is 0.634. The van der Waals surface area contributed by atoms with Crippen LogP contribution in [0.25, 0.3) is 11.1 Å². The van der Waals surface area contributed by atoms with Gasteiger partial charge in [-0.25, -0.2) is 0 Å². The van der Waals surface area contributed by atoms with Gasteiger partial charge in [0, 0.05) is 18.0 Å². The second kappa shape index (κ2) is 8.26. The van der Waals surface area contributed by atoms with Gasteiger partial charge in [0.25, 0.3) is 0 Å². The number of rotatable bonds is 4. The highest BCUT2D eigenvalue weighted by Gasteiger charge is 2.31. The third-order valence-corrected chi connectivity index (χ3v) is 3.57. The molecule has 0 spiro atoms. The van der Waals surface area contributed by atoms with E-state index >= 15 is 0 Å². The molecule has 0 saturated carbocycles. The van der Waals surface area contributed by atoms with Crippen molar-refractivity contribution in [2.75, 3.05) is 0 Å². The molecular formula is C17H24BNO5. The van der Waals surface area contributed by atoms with E-state index in [1.54, 1.807) is 58.3 Å². The highest BCUT2D eigenvalue weighted by Crippen LogP contribution is 2.23. The van der Waals surface area contributed by atoms with Gasteiger partial charge in [-0.3, -0.25) is 4.98 Å². The Bertz CT molecular complexity index is 609. The summed E-state index contributed by atoms with van der Waals surface area (Å²) < 4.78 is 4.77. The van der Waals surface area contributed by atoms with Gasteiger partial charge in [0.2, 0.25) is 0 Å². The monoisotopic (exact) mass is 333 g/mol. The molecule has 0 amide bonds. The van der Waals surface area contributed by atoms with Crippen LogP contribution >= 0.6 is 0 Å². The van der Waals surface area contributed by atoms with E-state index in [0.29, 0.717) is 5.75 Å². The van der Waals surface area contributed by atoms with Gasteiger partial charge in [-0.1, -0.05) is 18.2 Å². The molecule has 2 aromatic rings. The third-order valence-electron chi connectivity index (χ3n) is 3.57. The summed E-state index contributed by atoms with van der Waals surface area (Å²) in [5.41, 5.74) is -0.161. The first-order chi connectivity index (χ1) is 11.0. The smallest absolute Gasteiger partial charge is 0.512 e. The molecule has 0 radical (unpaired) electrons. The summed E-state index contributed by atoms with van der Waals surface area (Å²) in [5.74, 6) is 0.399. The lowest BCUT2D eigenvalue weighted by molar-refractivity contribution is -0.107. The lowest BCUT2D eigenvalue weighted by Crippen LogP contribution is -2.44. The van der Waals surface area contributed by atoms with Gasteiger partial charge in [-0.15, -0.1) is 0 Å². The fourth-order valence-electron chi connectivity index (χ4n) is 1.40. The maximum absolute atomic E-state index is 9.10. The average Bonchev–Trinajstić information content (AvgIpc) is 2.46. The van der Waals surface area contributed by atoms with Crippen LogP contribution < -0.4 is 4.65 Å². The van der Waals surface area contributed by atoms with Crippen LogP contribution in [0.4, 0.5) is 0 Å². The minimum Gasteiger partial charge on any atom is -0.512 e. The molecule has 2 rings (SSSR count). The van der Waals surface area contributed by atoms with E-state index in [9.17, 15) is 0 Å². The van der Waals surface area contributed by atoms with Crippen molar-refractivity contribution in [1.82, 2.24) is 4.98 Å². The Kier molecular flexibility index (Phi) is 6.92. The first-order valence-electron chi connectivity index (χ1n) is 7.49. The summed E-state index contributed by atoms with van der Waals surface area (Å²) in [6, 6.07) is 10.8. The van der Waals surface area contributed by atoms with Gasteiger partial charge in [0.1, 0.15) is 5.75 Å². The molecule has 24 heavy (non-hydrogen) atoms. The molecule has 7 heteroatoms. The zero-order chi connectivity index (χ0) is 18.4. The Hall–Kier alpha value is -1.93. The Morgan fingerprint density at radius 1 is 0.917 bits per heavy atom. The van der Waals surface area contributed by atoms with Crippen molar-refractivity contribution in [3.05, 3.63) is 48.8 Å². The summed E-state index contributed by atoms with van der Waals surface area (Å²) in [4.78, 5) is 4.01. The summed E-state index contributed by atoms with van der Waals surface area (Å²) in [5, 5.41) is 35.6. The van der Waals surface area contributed by atoms with Crippen molar-refractivity contribution in [3.8, 4) is 16.9 Å². The maximum Gasteiger partial charge on any atom is 0.707 e. The first-order valence-corrected chi connectivity index (χ1v) is 7.49. The Balaban J connectivity index is 0.000000307. The van der Waals surface area contributed by atoms with Crippen molar-refractivity contribution in [2.45, 2.75) is 38.9 Å². The van der Waals surface area contributed by atoms with Crippen LogP contribution in [-0.4, -0.2) is 43.8 Å². The van der Waals surface area contributed by atoms with Gasteiger partial charge in [-0.2, -0.15) is 0 Å². The summed E-state index contributed by atoms with van der Waals surface area (Å²) >= 11 is 0. The second-order valence-electron chi connectivity index (χ2n) is 6.33. The molecule has 0 fully saturated rings. The van der Waals surface area contributed by atoms with E-state index in [1.807, 2.05) is 18.2 Å². The third kappa shape index (κ3) is 6.68. The van der Waals surface area contributed by atoms with Crippen molar-refractivity contribution in [3.63, 3.8) is 0 Å². The van der Waals surface area contributed by atoms with E-state index < -0.39 is 18.5 Å². The molecule has 0 atom stereocenters. The molecule has 1 heterocycles. The van der Waals surface area contributed by atoms with E-state index in [4.69, 9.17) is 24.9 Å². The lowest BCUT2D eigenvalue weighted by atomic mass is 9.90. The molecule has 6 nitrogen and oxygen atoms in total. The first kappa shape index (κ1) is 20.1. The number of benzene rings is 1. The zero-order valence-electron chi connectivity index (χ0n) is 14.3. The van der Waals surface area contributed by atoms with Crippen LogP contribution in [0.15, 0.2) is 48.8 Å². The van der Waals surface area contributed by atoms with Crippen LogP contribution in [0.5, 0.6) is 5.75 Å². The average molecular weight is 333 g/mol. The number of aromatic nitrogens is 1. The predicted octanol–water partition coefficient (Wildman–Crippen LogP) is 1.63. The molecule has 1 aromatic carbocycles. The largest absolute Gasteiger partial charge is 0.707 e. The van der Waals surface area contributed by atoms with Crippen molar-refractivity contribution < 1.29 is 24.9 Å². The summed E-state index contributed by atoms with van der Waals surface area (Å²) in [7, 11) is -1.80. The Morgan fingerprint density at radius 3 is 1.96 bits per heavy atom. The maximum atomic E-state index is 9.10. The fraction of sp³-hybridized carbons (Fsp3) is 0.353. The molecule has 4 N–H and O–H groups in total. The highest BCUT2D eigenvalue weighted by molar-refractivity contribution is 6.33. The minimum absolute atomic E-state index is 0.399. The molecule has 0 saturated heterocycles. The normalized spacial score (nSPS) is 11.3. The van der Waals surface area contributed by atoms with E-state index in [2.05, 4.69) is 4.98 Å². The lowest BCUT2D eigenvalue weighted by Gasteiger charge is -2.31. The Morgan fingerprint density at radius 2 is 1.50 bits per heavy atom. The Labute approximate surface area is 142 Å². The summed E-state index contributed by atoms with van der Waals surface area (Å²) in [6.45, 7) is 6.31. The van der Waals surface area contributed by atoms with E-state index in [1.165, 1.54) is 0 Å². The zero-order valence-corrected chi connectivity index (χ0v) is 14.3. The predicted molar refractivity (Wildman–Crippen MR) is 93.1 cm³/mol. The fourth-order valence-corrected chi connectivity index (χ4v) is 1.40. The molecule has 0 aliphatic heterocycles. The molecule has 0 unspecified atom stereocenters. The topological polar surface area (TPSA) is 103 Å². The van der Waals surface area contributed by atoms with Crippen molar-refractivity contribution >= 4 is 7.32 Å². The van der Waals surface area contributed by atoms with Gasteiger partial charge < -0.3 is 24.9 Å². The second-order valence-corrected chi connectivity index (χ2v) is 6.33. The summed E-state index contributed by atoms with van der Waals surface area (Å²) in [6.07, 6.45) is 3.43. The highest BCUT2D eigenvalue weighted by atomic mass is 16.6. The van der Waals surface area contributed by atoms with Gasteiger partial charge >= 0.3 is 7.32 Å². The van der Waals surface area contributed by atoms with E-state index in [0.717, 1.165) is 11.1 Å². The minimum atomic E-state index is -1.80. The van der Waals surface area contributed by atoms with Gasteiger partial charge in [-0.05, 0) is 51.5 Å². The molecule has 1 aromatic heterocycles. The van der Waals surface area contributed by atoms with Crippen molar-refractivity contribution in [1.29, 1.82) is 0 Å². The van der Waals surface area contributed by atoms with Crippen LogP contribution in [-0.2, 0) is 0 Å². The van der Waals surface area contributed by atoms with Crippen LogP contribution in [0.1, 0.15) is 27.7 Å². The van der Waals surface area contributed by atoms with Crippen LogP contribution in [0.2, 0.25) is 0 Å². The van der Waals surface area contributed by atoms with Crippen LogP contribution in [0.3, 0.4) is 0 Å². The van der Waals surface area contributed by atoms with Crippen molar-refractivity contribution in [2.24, 2.45) is 0 Å². The molecular weight excluding hydrogens is 309 g/mol. The number of nitrogens with zero attached hydrogens (tertiary/aromatic N) is 1.